The zero-order valence-electron chi connectivity index (χ0n) is 7.62. The van der Waals surface area contributed by atoms with E-state index in [1.807, 2.05) is 0 Å². The van der Waals surface area contributed by atoms with Gasteiger partial charge < -0.3 is 10.4 Å². The summed E-state index contributed by atoms with van der Waals surface area (Å²) in [5.41, 5.74) is 0.528. The van der Waals surface area contributed by atoms with Gasteiger partial charge in [0.25, 0.3) is 0 Å². The van der Waals surface area contributed by atoms with Crippen LogP contribution in [0.1, 0.15) is 25.7 Å². The summed E-state index contributed by atoms with van der Waals surface area (Å²) in [6.45, 7) is 0.114. The molecule has 72 valence electrons. The van der Waals surface area contributed by atoms with Gasteiger partial charge in [0.05, 0.1) is 12.6 Å². The molecule has 3 nitrogen and oxygen atoms in total. The predicted octanol–water partition coefficient (Wildman–Crippen LogP) is 0.283. The van der Waals surface area contributed by atoms with Gasteiger partial charge in [0.1, 0.15) is 0 Å². The summed E-state index contributed by atoms with van der Waals surface area (Å²) in [4.78, 5) is 11.5. The lowest BCUT2D eigenvalue weighted by Crippen LogP contribution is -2.33. The van der Waals surface area contributed by atoms with Crippen LogP contribution < -0.4 is 5.32 Å². The molecule has 3 rings (SSSR count). The van der Waals surface area contributed by atoms with Crippen LogP contribution in [0.5, 0.6) is 0 Å². The molecule has 1 saturated heterocycles. The minimum atomic E-state index is 0.0532. The van der Waals surface area contributed by atoms with Crippen LogP contribution in [0.2, 0.25) is 0 Å². The third-order valence-electron chi connectivity index (χ3n) is 4.17. The predicted molar refractivity (Wildman–Crippen MR) is 46.9 cm³/mol. The number of rotatable bonds is 1. The van der Waals surface area contributed by atoms with E-state index < -0.39 is 0 Å². The van der Waals surface area contributed by atoms with E-state index in [1.54, 1.807) is 0 Å². The van der Waals surface area contributed by atoms with Gasteiger partial charge >= 0.3 is 0 Å². The minimum absolute atomic E-state index is 0.0532. The summed E-state index contributed by atoms with van der Waals surface area (Å²) in [5.74, 6) is 0.840. The van der Waals surface area contributed by atoms with Crippen LogP contribution in [0, 0.1) is 17.3 Å². The van der Waals surface area contributed by atoms with Gasteiger partial charge in [0.2, 0.25) is 5.91 Å². The second-order valence-corrected chi connectivity index (χ2v) is 4.98. The maximum atomic E-state index is 11.5. The molecule has 3 atom stereocenters. The molecular weight excluding hydrogens is 166 g/mol. The zero-order chi connectivity index (χ0) is 9.05. The molecule has 1 heterocycles. The molecule has 0 aromatic carbocycles. The maximum Gasteiger partial charge on any atom is 0.223 e. The molecule has 3 aliphatic rings. The van der Waals surface area contributed by atoms with Crippen molar-refractivity contribution in [1.29, 1.82) is 0 Å². The number of hydrogen-bond acceptors (Lipinski definition) is 2. The van der Waals surface area contributed by atoms with Gasteiger partial charge in [-0.2, -0.15) is 0 Å². The molecule has 2 N–H and O–H groups in total. The smallest absolute Gasteiger partial charge is 0.223 e. The van der Waals surface area contributed by atoms with Gasteiger partial charge in [-0.3, -0.25) is 4.79 Å². The molecule has 0 aromatic heterocycles. The first-order valence-electron chi connectivity index (χ1n) is 5.15. The third-order valence-corrected chi connectivity index (χ3v) is 4.17. The average molecular weight is 181 g/mol. The van der Waals surface area contributed by atoms with Gasteiger partial charge in [0.15, 0.2) is 0 Å². The van der Waals surface area contributed by atoms with Crippen molar-refractivity contribution in [3.8, 4) is 0 Å². The monoisotopic (exact) mass is 181 g/mol. The van der Waals surface area contributed by atoms with Crippen LogP contribution in [0.3, 0.4) is 0 Å². The molecule has 2 aliphatic carbocycles. The third kappa shape index (κ3) is 0.966. The molecule has 2 saturated carbocycles. The van der Waals surface area contributed by atoms with Crippen molar-refractivity contribution < 1.29 is 9.90 Å². The van der Waals surface area contributed by atoms with E-state index in [-0.39, 0.29) is 24.5 Å². The summed E-state index contributed by atoms with van der Waals surface area (Å²) in [6.07, 6.45) is 4.87. The van der Waals surface area contributed by atoms with E-state index in [9.17, 15) is 4.79 Å². The number of amides is 1. The van der Waals surface area contributed by atoms with Crippen molar-refractivity contribution >= 4 is 5.91 Å². The SMILES string of the molecule is O=C1NC(CO)C2CC3(CC3)CC12. The molecule has 1 amide bonds. The first-order chi connectivity index (χ1) is 6.24. The Morgan fingerprint density at radius 3 is 2.85 bits per heavy atom. The minimum Gasteiger partial charge on any atom is -0.394 e. The largest absolute Gasteiger partial charge is 0.394 e. The summed E-state index contributed by atoms with van der Waals surface area (Å²) in [7, 11) is 0. The van der Waals surface area contributed by atoms with Crippen molar-refractivity contribution in [3.63, 3.8) is 0 Å². The Hall–Kier alpha value is -0.570. The van der Waals surface area contributed by atoms with Gasteiger partial charge in [-0.15, -0.1) is 0 Å². The summed E-state index contributed by atoms with van der Waals surface area (Å²) >= 11 is 0. The quantitative estimate of drug-likeness (QED) is 0.610. The summed E-state index contributed by atoms with van der Waals surface area (Å²) in [6, 6.07) is 0.0532. The highest BCUT2D eigenvalue weighted by atomic mass is 16.3. The Morgan fingerprint density at radius 2 is 2.23 bits per heavy atom. The normalized spacial score (nSPS) is 45.0. The molecule has 3 unspecified atom stereocenters. The molecule has 1 aliphatic heterocycles. The van der Waals surface area contributed by atoms with Gasteiger partial charge in [-0.1, -0.05) is 0 Å². The first kappa shape index (κ1) is 7.80. The van der Waals surface area contributed by atoms with Crippen LogP contribution in [0.15, 0.2) is 0 Å². The number of carbonyl (C=O) groups excluding carboxylic acids is 1. The van der Waals surface area contributed by atoms with Gasteiger partial charge in [-0.25, -0.2) is 0 Å². The number of carbonyl (C=O) groups is 1. The highest BCUT2D eigenvalue weighted by Crippen LogP contribution is 2.63. The van der Waals surface area contributed by atoms with Crippen LogP contribution >= 0.6 is 0 Å². The fourth-order valence-electron chi connectivity index (χ4n) is 3.22. The molecule has 0 bridgehead atoms. The number of fused-ring (bicyclic) bond motifs is 1. The Labute approximate surface area is 77.5 Å². The average Bonchev–Trinajstić information content (AvgIpc) is 2.64. The molecule has 3 fully saturated rings. The Kier molecular flexibility index (Phi) is 1.36. The topological polar surface area (TPSA) is 49.3 Å². The lowest BCUT2D eigenvalue weighted by Gasteiger charge is -2.15. The van der Waals surface area contributed by atoms with E-state index >= 15 is 0 Å². The number of aliphatic hydroxyl groups is 1. The first-order valence-corrected chi connectivity index (χ1v) is 5.15. The van der Waals surface area contributed by atoms with Crippen LogP contribution in [-0.4, -0.2) is 23.7 Å². The highest BCUT2D eigenvalue weighted by Gasteiger charge is 2.58. The molecule has 3 heteroatoms. The van der Waals surface area contributed by atoms with Gasteiger partial charge in [-0.05, 0) is 37.0 Å². The van der Waals surface area contributed by atoms with E-state index in [2.05, 4.69) is 5.32 Å². The standard InChI is InChI=1S/C10H15NO2/c12-5-8-6-3-10(1-2-10)4-7(6)9(13)11-8/h6-8,12H,1-5H2,(H,11,13). The van der Waals surface area contributed by atoms with Crippen LogP contribution in [0.25, 0.3) is 0 Å². The molecule has 0 aromatic rings. The van der Waals surface area contributed by atoms with Crippen molar-refractivity contribution in [1.82, 2.24) is 5.32 Å². The second-order valence-electron chi connectivity index (χ2n) is 4.98. The molecule has 1 spiro atoms. The molecular formula is C10H15NO2. The Balaban J connectivity index is 1.84. The molecule has 0 radical (unpaired) electrons. The maximum absolute atomic E-state index is 11.5. The van der Waals surface area contributed by atoms with E-state index in [0.717, 1.165) is 6.42 Å². The van der Waals surface area contributed by atoms with E-state index in [1.165, 1.54) is 19.3 Å². The van der Waals surface area contributed by atoms with Crippen molar-refractivity contribution in [2.75, 3.05) is 6.61 Å². The number of hydrogen-bond donors (Lipinski definition) is 2. The highest BCUT2D eigenvalue weighted by molar-refractivity contribution is 5.82. The van der Waals surface area contributed by atoms with Crippen molar-refractivity contribution in [2.45, 2.75) is 31.7 Å². The lowest BCUT2D eigenvalue weighted by atomic mass is 9.94. The summed E-state index contributed by atoms with van der Waals surface area (Å²) in [5, 5.41) is 12.0. The van der Waals surface area contributed by atoms with E-state index in [0.29, 0.717) is 11.3 Å². The van der Waals surface area contributed by atoms with Gasteiger partial charge in [0, 0.05) is 5.92 Å². The number of aliphatic hydroxyl groups excluding tert-OH is 1. The fraction of sp³-hybridized carbons (Fsp3) is 0.900. The van der Waals surface area contributed by atoms with E-state index in [4.69, 9.17) is 5.11 Å². The number of nitrogens with one attached hydrogen (secondary N) is 1. The Bertz CT molecular complexity index is 260. The molecule has 13 heavy (non-hydrogen) atoms. The zero-order valence-corrected chi connectivity index (χ0v) is 7.62. The Morgan fingerprint density at radius 1 is 1.46 bits per heavy atom. The van der Waals surface area contributed by atoms with Crippen molar-refractivity contribution in [3.05, 3.63) is 0 Å². The van der Waals surface area contributed by atoms with Crippen LogP contribution in [-0.2, 0) is 4.79 Å². The van der Waals surface area contributed by atoms with Crippen molar-refractivity contribution in [2.24, 2.45) is 17.3 Å². The lowest BCUT2D eigenvalue weighted by molar-refractivity contribution is -0.123. The fourth-order valence-corrected chi connectivity index (χ4v) is 3.22. The summed E-state index contributed by atoms with van der Waals surface area (Å²) < 4.78 is 0. The second kappa shape index (κ2) is 2.27. The van der Waals surface area contributed by atoms with Crippen LogP contribution in [0.4, 0.5) is 0 Å².